The second-order valence-electron chi connectivity index (χ2n) is 3.33. The number of hydrazine groups is 1. The van der Waals surface area contributed by atoms with Crippen LogP contribution in [0.4, 0.5) is 10.1 Å². The van der Waals surface area contributed by atoms with Gasteiger partial charge in [0.05, 0.1) is 4.92 Å². The molecule has 94 valence electrons. The van der Waals surface area contributed by atoms with Gasteiger partial charge < -0.3 is 0 Å². The van der Waals surface area contributed by atoms with Crippen LogP contribution in [-0.4, -0.2) is 32.4 Å². The van der Waals surface area contributed by atoms with E-state index in [0.29, 0.717) is 0 Å². The number of hydrogen-bond acceptors (Lipinski definition) is 5. The van der Waals surface area contributed by atoms with Gasteiger partial charge in [-0.1, -0.05) is 6.07 Å². The van der Waals surface area contributed by atoms with Gasteiger partial charge in [-0.2, -0.15) is 4.39 Å². The Hall–Kier alpha value is -1.58. The normalized spacial score (nSPS) is 11.8. The van der Waals surface area contributed by atoms with Crippen LogP contribution in [0.25, 0.3) is 0 Å². The first kappa shape index (κ1) is 13.5. The molecule has 0 unspecified atom stereocenters. The molecule has 0 spiro atoms. The molecule has 0 amide bonds. The van der Waals surface area contributed by atoms with Crippen molar-refractivity contribution in [2.45, 2.75) is 4.90 Å². The molecule has 0 radical (unpaired) electrons. The molecule has 9 heteroatoms. The highest BCUT2D eigenvalue weighted by Crippen LogP contribution is 2.26. The highest BCUT2D eigenvalue weighted by Gasteiger charge is 2.29. The van der Waals surface area contributed by atoms with E-state index in [1.807, 2.05) is 4.83 Å². The third-order valence-electron chi connectivity index (χ3n) is 1.72. The minimum absolute atomic E-state index is 0.712. The molecular weight excluding hydrogens is 253 g/mol. The number of rotatable bonds is 4. The summed E-state index contributed by atoms with van der Waals surface area (Å²) in [7, 11) is -1.38. The van der Waals surface area contributed by atoms with E-state index in [-0.39, 0.29) is 0 Å². The Morgan fingerprint density at radius 3 is 2.47 bits per heavy atom. The zero-order valence-corrected chi connectivity index (χ0v) is 9.86. The van der Waals surface area contributed by atoms with Crippen molar-refractivity contribution in [1.29, 1.82) is 0 Å². The first-order chi connectivity index (χ1) is 7.75. The first-order valence-electron chi connectivity index (χ1n) is 4.38. The average Bonchev–Trinajstić information content (AvgIpc) is 2.14. The molecule has 0 atom stereocenters. The molecule has 0 aliphatic carbocycles. The summed E-state index contributed by atoms with van der Waals surface area (Å²) in [6.07, 6.45) is 0. The lowest BCUT2D eigenvalue weighted by Gasteiger charge is -2.12. The fraction of sp³-hybridized carbons (Fsp3) is 0.250. The summed E-state index contributed by atoms with van der Waals surface area (Å²) in [6, 6.07) is 2.88. The Kier molecular flexibility index (Phi) is 3.76. The van der Waals surface area contributed by atoms with Crippen molar-refractivity contribution in [2.24, 2.45) is 0 Å². The number of para-hydroxylation sites is 1. The van der Waals surface area contributed by atoms with Crippen molar-refractivity contribution in [1.82, 2.24) is 9.84 Å². The molecule has 1 aromatic carbocycles. The molecule has 0 saturated carbocycles. The third-order valence-corrected chi connectivity index (χ3v) is 3.24. The molecule has 17 heavy (non-hydrogen) atoms. The Balaban J connectivity index is 3.42. The number of nitrogens with one attached hydrogen (secondary N) is 1. The lowest BCUT2D eigenvalue weighted by atomic mass is 10.3. The zero-order chi connectivity index (χ0) is 13.2. The maximum atomic E-state index is 13.2. The van der Waals surface area contributed by atoms with E-state index in [4.69, 9.17) is 0 Å². The van der Waals surface area contributed by atoms with Crippen molar-refractivity contribution in [3.8, 4) is 0 Å². The second kappa shape index (κ2) is 4.73. The van der Waals surface area contributed by atoms with Crippen LogP contribution in [0.15, 0.2) is 23.1 Å². The largest absolute Gasteiger partial charge is 0.324 e. The van der Waals surface area contributed by atoms with Crippen LogP contribution in [0, 0.1) is 15.9 Å². The Labute approximate surface area is 97.0 Å². The summed E-state index contributed by atoms with van der Waals surface area (Å²) in [6.45, 7) is 0. The summed E-state index contributed by atoms with van der Waals surface area (Å²) in [5.74, 6) is -1.20. The van der Waals surface area contributed by atoms with Crippen LogP contribution in [-0.2, 0) is 10.0 Å². The number of hydrogen-bond donors (Lipinski definition) is 1. The van der Waals surface area contributed by atoms with Crippen molar-refractivity contribution in [3.05, 3.63) is 34.1 Å². The molecule has 0 heterocycles. The van der Waals surface area contributed by atoms with Crippen LogP contribution in [0.2, 0.25) is 0 Å². The quantitative estimate of drug-likeness (QED) is 0.630. The van der Waals surface area contributed by atoms with Gasteiger partial charge in [0.2, 0.25) is 5.82 Å². The number of benzene rings is 1. The first-order valence-corrected chi connectivity index (χ1v) is 5.86. The third kappa shape index (κ3) is 2.96. The van der Waals surface area contributed by atoms with Crippen molar-refractivity contribution < 1.29 is 17.7 Å². The summed E-state index contributed by atoms with van der Waals surface area (Å²) < 4.78 is 36.6. The van der Waals surface area contributed by atoms with Crippen molar-refractivity contribution >= 4 is 15.7 Å². The van der Waals surface area contributed by atoms with Gasteiger partial charge >= 0.3 is 5.69 Å². The Morgan fingerprint density at radius 2 is 2.00 bits per heavy atom. The predicted molar refractivity (Wildman–Crippen MR) is 57.1 cm³/mol. The molecule has 0 bridgehead atoms. The molecule has 1 rings (SSSR count). The van der Waals surface area contributed by atoms with E-state index in [1.165, 1.54) is 14.1 Å². The van der Waals surface area contributed by atoms with Crippen LogP contribution < -0.4 is 4.83 Å². The van der Waals surface area contributed by atoms with E-state index in [1.54, 1.807) is 0 Å². The monoisotopic (exact) mass is 263 g/mol. The minimum atomic E-state index is -4.16. The lowest BCUT2D eigenvalue weighted by Crippen LogP contribution is -2.36. The Morgan fingerprint density at radius 1 is 1.41 bits per heavy atom. The fourth-order valence-electron chi connectivity index (χ4n) is 1.18. The van der Waals surface area contributed by atoms with Crippen molar-refractivity contribution in [3.63, 3.8) is 0 Å². The van der Waals surface area contributed by atoms with E-state index < -0.39 is 31.3 Å². The van der Waals surface area contributed by atoms with E-state index >= 15 is 0 Å². The molecular formula is C8H10FN3O4S. The van der Waals surface area contributed by atoms with Gasteiger partial charge in [0.1, 0.15) is 0 Å². The highest BCUT2D eigenvalue weighted by atomic mass is 32.2. The molecule has 1 aromatic rings. The van der Waals surface area contributed by atoms with E-state index in [2.05, 4.69) is 0 Å². The van der Waals surface area contributed by atoms with Crippen LogP contribution in [0.1, 0.15) is 0 Å². The summed E-state index contributed by atoms with van der Waals surface area (Å²) >= 11 is 0. The van der Waals surface area contributed by atoms with Gasteiger partial charge in [-0.15, -0.1) is 4.83 Å². The van der Waals surface area contributed by atoms with Gasteiger partial charge in [-0.25, -0.2) is 13.4 Å². The lowest BCUT2D eigenvalue weighted by molar-refractivity contribution is -0.390. The standard InChI is InChI=1S/C8H10FN3O4S/c1-11(2)10-17(15,16)7-5-3-4-6(9)8(7)12(13)14/h3-5,10H,1-2H3. The van der Waals surface area contributed by atoms with E-state index in [9.17, 15) is 22.9 Å². The molecule has 0 saturated heterocycles. The van der Waals surface area contributed by atoms with Crippen LogP contribution in [0.5, 0.6) is 0 Å². The second-order valence-corrected chi connectivity index (χ2v) is 4.96. The molecule has 1 N–H and O–H groups in total. The van der Waals surface area contributed by atoms with E-state index in [0.717, 1.165) is 23.2 Å². The van der Waals surface area contributed by atoms with Crippen molar-refractivity contribution in [2.75, 3.05) is 14.1 Å². The number of nitro groups is 1. The number of nitro benzene ring substituents is 1. The summed E-state index contributed by atoms with van der Waals surface area (Å²) in [5, 5.41) is 11.7. The SMILES string of the molecule is CN(C)NS(=O)(=O)c1cccc(F)c1[N+](=O)[O-]. The van der Waals surface area contributed by atoms with Gasteiger partial charge in [0.15, 0.2) is 4.90 Å². The topological polar surface area (TPSA) is 92.6 Å². The summed E-state index contributed by atoms with van der Waals surface area (Å²) in [4.78, 5) is 10.8. The molecule has 0 fully saturated rings. The minimum Gasteiger partial charge on any atom is -0.258 e. The smallest absolute Gasteiger partial charge is 0.258 e. The average molecular weight is 263 g/mol. The predicted octanol–water partition coefficient (Wildman–Crippen LogP) is 0.489. The number of nitrogens with zero attached hydrogens (tertiary/aromatic N) is 2. The Bertz CT molecular complexity index is 544. The van der Waals surface area contributed by atoms with Crippen LogP contribution >= 0.6 is 0 Å². The maximum absolute atomic E-state index is 13.2. The molecule has 0 aliphatic heterocycles. The molecule has 0 aliphatic rings. The fourth-order valence-corrected chi connectivity index (χ4v) is 2.44. The number of halogens is 1. The molecule has 7 nitrogen and oxygen atoms in total. The van der Waals surface area contributed by atoms with Gasteiger partial charge in [0.25, 0.3) is 10.0 Å². The highest BCUT2D eigenvalue weighted by molar-refractivity contribution is 7.89. The van der Waals surface area contributed by atoms with Gasteiger partial charge in [-0.3, -0.25) is 10.1 Å². The van der Waals surface area contributed by atoms with Gasteiger partial charge in [-0.05, 0) is 12.1 Å². The zero-order valence-electron chi connectivity index (χ0n) is 9.05. The van der Waals surface area contributed by atoms with Gasteiger partial charge in [0, 0.05) is 14.1 Å². The maximum Gasteiger partial charge on any atom is 0.324 e. The number of sulfonamides is 1. The summed E-state index contributed by atoms with van der Waals surface area (Å²) in [5.41, 5.74) is -1.07. The van der Waals surface area contributed by atoms with Crippen LogP contribution in [0.3, 0.4) is 0 Å². The molecule has 0 aromatic heterocycles.